The molecule has 4 nitrogen and oxygen atoms in total. The van der Waals surface area contributed by atoms with E-state index in [1.807, 2.05) is 121 Å². The summed E-state index contributed by atoms with van der Waals surface area (Å²) in [7, 11) is -1.76. The molecule has 0 aliphatic rings. The summed E-state index contributed by atoms with van der Waals surface area (Å²) in [6, 6.07) is 61.7. The van der Waals surface area contributed by atoms with E-state index in [-0.39, 0.29) is 25.9 Å². The number of fused-ring (bicyclic) bond motifs is 8. The Bertz CT molecular complexity index is 3770. The number of benzene rings is 8. The minimum atomic E-state index is -1.76. The van der Waals surface area contributed by atoms with Gasteiger partial charge >= 0.3 is 0 Å². The van der Waals surface area contributed by atoms with Gasteiger partial charge < -0.3 is 14.0 Å². The quantitative estimate of drug-likeness (QED) is 0.123. The number of pyridine rings is 1. The van der Waals surface area contributed by atoms with Crippen LogP contribution in [0.25, 0.3) is 92.2 Å². The Kier molecular flexibility index (Phi) is 10.3. The van der Waals surface area contributed by atoms with Crippen molar-refractivity contribution in [2.75, 3.05) is 0 Å². The van der Waals surface area contributed by atoms with Gasteiger partial charge in [-0.1, -0.05) is 140 Å². The smallest absolute Gasteiger partial charge is 0.158 e. The van der Waals surface area contributed by atoms with E-state index in [1.165, 1.54) is 6.07 Å². The number of aromatic nitrogens is 3. The molecule has 8 heteroatoms. The molecule has 12 rings (SSSR count). The molecule has 0 fully saturated rings. The molecule has 1 radical (unpaired) electrons. The van der Waals surface area contributed by atoms with E-state index >= 15 is 4.39 Å². The summed E-state index contributed by atoms with van der Waals surface area (Å²) in [6.45, 7) is 6.68. The molecule has 0 amide bonds. The van der Waals surface area contributed by atoms with Crippen LogP contribution in [-0.2, 0) is 26.5 Å². The molecule has 0 saturated heterocycles. The average molecular weight is 1040 g/mol. The van der Waals surface area contributed by atoms with Crippen molar-refractivity contribution in [1.82, 2.24) is 14.5 Å². The Hall–Kier alpha value is -6.54. The zero-order chi connectivity index (χ0) is 44.5. The maximum absolute atomic E-state index is 15.3. The number of hydrogen-bond donors (Lipinski definition) is 0. The van der Waals surface area contributed by atoms with Crippen molar-refractivity contribution >= 4 is 88.5 Å². The zero-order valence-corrected chi connectivity index (χ0v) is 39.3. The number of hydrogen-bond acceptors (Lipinski definition) is 4. The second-order valence-electron chi connectivity index (χ2n) is 16.7. The first-order chi connectivity index (χ1) is 31.5. The van der Waals surface area contributed by atoms with Crippen LogP contribution in [-0.4, -0.2) is 22.6 Å². The van der Waals surface area contributed by atoms with Crippen molar-refractivity contribution in [2.24, 2.45) is 0 Å². The predicted molar refractivity (Wildman–Crippen MR) is 264 cm³/mol. The summed E-state index contributed by atoms with van der Waals surface area (Å²) in [5.41, 5.74) is 8.12. The summed E-state index contributed by atoms with van der Waals surface area (Å²) in [6.07, 6.45) is 0.307. The third-order valence-corrected chi connectivity index (χ3v) is 14.7. The summed E-state index contributed by atoms with van der Waals surface area (Å²) in [4.78, 5) is 9.81. The average Bonchev–Trinajstić information content (AvgIpc) is 4.03. The maximum atomic E-state index is 15.3. The van der Waals surface area contributed by atoms with Gasteiger partial charge in [0.15, 0.2) is 5.58 Å². The Morgan fingerprint density at radius 2 is 1.47 bits per heavy atom. The second-order valence-corrected chi connectivity index (χ2v) is 22.7. The van der Waals surface area contributed by atoms with Crippen molar-refractivity contribution in [1.29, 1.82) is 0 Å². The van der Waals surface area contributed by atoms with Crippen LogP contribution in [0.5, 0.6) is 0 Å². The van der Waals surface area contributed by atoms with Crippen LogP contribution >= 0.6 is 11.3 Å². The molecule has 0 spiro atoms. The van der Waals surface area contributed by atoms with Gasteiger partial charge in [-0.2, -0.15) is 11.3 Å². The number of thiophene rings is 1. The van der Waals surface area contributed by atoms with E-state index in [0.29, 0.717) is 16.8 Å². The zero-order valence-electron chi connectivity index (χ0n) is 37.1. The fourth-order valence-electron chi connectivity index (χ4n) is 8.51. The molecule has 4 heterocycles. The number of imidazole rings is 1. The van der Waals surface area contributed by atoms with Gasteiger partial charge in [-0.15, -0.1) is 48.0 Å². The summed E-state index contributed by atoms with van der Waals surface area (Å²) in [5, 5.41) is 6.91. The number of rotatable bonds is 6. The first-order valence-electron chi connectivity index (χ1n) is 21.9. The molecular weight excluding hydrogens is 1000 g/mol. The number of furan rings is 1. The van der Waals surface area contributed by atoms with Crippen LogP contribution in [0, 0.1) is 17.9 Å². The second kappa shape index (κ2) is 16.9. The Morgan fingerprint density at radius 1 is 0.750 bits per heavy atom. The number of nitrogens with zero attached hydrogens (tertiary/aromatic N) is 3. The van der Waals surface area contributed by atoms with Crippen LogP contribution in [0.3, 0.4) is 0 Å². The number of para-hydroxylation sites is 2. The summed E-state index contributed by atoms with van der Waals surface area (Å²) >= 11 is 1.57. The maximum Gasteiger partial charge on any atom is 0.158 e. The van der Waals surface area contributed by atoms with Gasteiger partial charge in [0.2, 0.25) is 0 Å². The monoisotopic (exact) mass is 1040 g/mol. The molecule has 0 unspecified atom stereocenters. The Balaban J connectivity index is 0.000000171. The van der Waals surface area contributed by atoms with Gasteiger partial charge in [-0.3, -0.25) is 9.37 Å². The van der Waals surface area contributed by atoms with Crippen molar-refractivity contribution in [3.05, 3.63) is 205 Å². The molecule has 0 bridgehead atoms. The van der Waals surface area contributed by atoms with Crippen molar-refractivity contribution in [3.8, 4) is 28.3 Å². The molecule has 0 aliphatic carbocycles. The van der Waals surface area contributed by atoms with Crippen LogP contribution < -0.4 is 5.19 Å². The van der Waals surface area contributed by atoms with Crippen LogP contribution in [0.4, 0.5) is 4.39 Å². The molecule has 0 saturated carbocycles. The third-order valence-electron chi connectivity index (χ3n) is 11.5. The minimum Gasteiger partial charge on any atom is -0.454 e. The van der Waals surface area contributed by atoms with Crippen LogP contribution in [0.15, 0.2) is 180 Å². The van der Waals surface area contributed by atoms with Crippen LogP contribution in [0.1, 0.15) is 13.9 Å². The SMILES string of the molecule is Fc1c[c-]c(-c2nc3cc4ccccc4cc3n2-c2cccc3c2oc2ccccc23)c2sc3ccccc3c12.[2H]C([2H])(c1ccccc1)c1cc(-c2[c-]cccc2)ncc1[Si](C)(C)C.[Ir]. The molecule has 0 aliphatic heterocycles. The molecule has 8 aromatic carbocycles. The molecule has 313 valence electrons. The number of halogens is 1. The van der Waals surface area contributed by atoms with E-state index in [2.05, 4.69) is 89.9 Å². The van der Waals surface area contributed by atoms with Gasteiger partial charge in [0.25, 0.3) is 0 Å². The minimum absolute atomic E-state index is 0. The first-order valence-corrected chi connectivity index (χ1v) is 25.2. The fraction of sp³-hybridized carbons (Fsp3) is 0.0714. The van der Waals surface area contributed by atoms with Gasteiger partial charge in [0.05, 0.1) is 30.6 Å². The van der Waals surface area contributed by atoms with Crippen molar-refractivity contribution in [3.63, 3.8) is 0 Å². The Labute approximate surface area is 391 Å². The topological polar surface area (TPSA) is 43.9 Å². The van der Waals surface area contributed by atoms with Crippen LogP contribution in [0.2, 0.25) is 19.6 Å². The summed E-state index contributed by atoms with van der Waals surface area (Å²) < 4.78 is 43.5. The first kappa shape index (κ1) is 39.1. The predicted octanol–water partition coefficient (Wildman–Crippen LogP) is 14.7. The van der Waals surface area contributed by atoms with E-state index in [9.17, 15) is 0 Å². The molecule has 0 N–H and O–H groups in total. The van der Waals surface area contributed by atoms with Gasteiger partial charge in [0.1, 0.15) is 5.58 Å². The van der Waals surface area contributed by atoms with E-state index in [4.69, 9.17) is 12.1 Å². The Morgan fingerprint density at radius 3 is 2.27 bits per heavy atom. The third kappa shape index (κ3) is 7.46. The molecule has 4 aromatic heterocycles. The van der Waals surface area contributed by atoms with E-state index < -0.39 is 14.4 Å². The fourth-order valence-corrected chi connectivity index (χ4v) is 11.1. The molecular formula is C56H40FIrN3OSSi-2. The van der Waals surface area contributed by atoms with Gasteiger partial charge in [-0.05, 0) is 79.4 Å². The molecule has 0 atom stereocenters. The van der Waals surface area contributed by atoms with Crippen molar-refractivity contribution < 1.29 is 31.7 Å². The van der Waals surface area contributed by atoms with Crippen molar-refractivity contribution in [2.45, 2.75) is 26.0 Å². The van der Waals surface area contributed by atoms with Gasteiger partial charge in [-0.25, -0.2) is 0 Å². The normalized spacial score (nSPS) is 12.4. The van der Waals surface area contributed by atoms with Gasteiger partial charge in [0, 0.05) is 50.3 Å². The summed E-state index contributed by atoms with van der Waals surface area (Å²) in [5.74, 6) is 0.429. The van der Waals surface area contributed by atoms with E-state index in [1.54, 1.807) is 11.3 Å². The van der Waals surface area contributed by atoms with E-state index in [0.717, 1.165) is 91.8 Å². The molecule has 12 aromatic rings. The largest absolute Gasteiger partial charge is 0.454 e. The standard InChI is InChI=1S/C35H18FN2OS.C21H22NSi.Ir/c36-26-17-16-25(34-32(26)24-11-4-6-15-31(24)40-34)35-37-27-18-20-8-1-2-9-21(20)19-29(27)38(35)28-13-7-12-23-22-10-3-5-14-30(22)39-33(23)28;1-23(2,3)21-16-22-20(18-12-8-5-9-13-18)15-19(21)14-17-10-6-4-7-11-17;/h1-15,17-19H;4-12,15-16H,14H2,1-3H3;/q2*-1;/i;14D2;. The molecule has 64 heavy (non-hydrogen) atoms.